The van der Waals surface area contributed by atoms with Crippen LogP contribution in [0.3, 0.4) is 0 Å². The topological polar surface area (TPSA) is 29.1 Å². The van der Waals surface area contributed by atoms with Gasteiger partial charge in [0.15, 0.2) is 0 Å². The third-order valence-electron chi connectivity index (χ3n) is 2.93. The Labute approximate surface area is 121 Å². The van der Waals surface area contributed by atoms with Crippen LogP contribution in [0.15, 0.2) is 42.5 Å². The highest BCUT2D eigenvalue weighted by Gasteiger charge is 2.16. The van der Waals surface area contributed by atoms with Crippen LogP contribution in [0.5, 0.6) is 0 Å². The molecule has 1 amide bonds. The van der Waals surface area contributed by atoms with E-state index in [1.807, 2.05) is 0 Å². The average molecular weight is 307 g/mol. The number of amides is 1. The second-order valence-electron chi connectivity index (χ2n) is 4.31. The summed E-state index contributed by atoms with van der Waals surface area (Å²) in [6.45, 7) is 0. The zero-order valence-corrected chi connectivity index (χ0v) is 11.3. The molecule has 2 nitrogen and oxygen atoms in total. The molecule has 3 aromatic rings. The number of fused-ring (bicyclic) bond motifs is 1. The number of nitrogens with one attached hydrogen (secondary N) is 1. The standard InChI is InChI=1S/C15H8F3NOS/c16-9-3-2-6-12-8(9)7-13(21-12)15(20)19-14-10(17)4-1-5-11(14)18/h1-7H,(H,19,20). The Balaban J connectivity index is 1.96. The van der Waals surface area contributed by atoms with Crippen molar-refractivity contribution in [1.29, 1.82) is 0 Å². The number of thiophene rings is 1. The predicted molar refractivity (Wildman–Crippen MR) is 76.1 cm³/mol. The molecule has 0 atom stereocenters. The molecule has 6 heteroatoms. The van der Waals surface area contributed by atoms with Gasteiger partial charge in [-0.1, -0.05) is 12.1 Å². The number of para-hydroxylation sites is 1. The van der Waals surface area contributed by atoms with Gasteiger partial charge in [-0.3, -0.25) is 4.79 Å². The minimum Gasteiger partial charge on any atom is -0.316 e. The number of benzene rings is 2. The van der Waals surface area contributed by atoms with Crippen molar-refractivity contribution in [2.45, 2.75) is 0 Å². The third kappa shape index (κ3) is 2.50. The molecule has 0 saturated carbocycles. The predicted octanol–water partition coefficient (Wildman–Crippen LogP) is 4.57. The molecule has 0 aliphatic heterocycles. The van der Waals surface area contributed by atoms with Gasteiger partial charge >= 0.3 is 0 Å². The lowest BCUT2D eigenvalue weighted by molar-refractivity contribution is 0.102. The Hall–Kier alpha value is -2.34. The summed E-state index contributed by atoms with van der Waals surface area (Å²) in [5, 5.41) is 2.48. The lowest BCUT2D eigenvalue weighted by Crippen LogP contribution is -2.12. The van der Waals surface area contributed by atoms with Crippen LogP contribution >= 0.6 is 11.3 Å². The molecule has 0 aliphatic carbocycles. The first-order chi connectivity index (χ1) is 10.1. The van der Waals surface area contributed by atoms with Crippen molar-refractivity contribution < 1.29 is 18.0 Å². The Bertz CT molecular complexity index is 824. The fraction of sp³-hybridized carbons (Fsp3) is 0. The highest BCUT2D eigenvalue weighted by Crippen LogP contribution is 2.28. The molecule has 21 heavy (non-hydrogen) atoms. The Morgan fingerprint density at radius 2 is 1.57 bits per heavy atom. The molecule has 0 aliphatic rings. The zero-order chi connectivity index (χ0) is 15.0. The molecule has 2 aromatic carbocycles. The van der Waals surface area contributed by atoms with Crippen LogP contribution in [-0.2, 0) is 0 Å². The summed E-state index contributed by atoms with van der Waals surface area (Å²) >= 11 is 1.05. The second-order valence-corrected chi connectivity index (χ2v) is 5.40. The Kier molecular flexibility index (Phi) is 3.39. The van der Waals surface area contributed by atoms with Crippen LogP contribution in [0.25, 0.3) is 10.1 Å². The maximum absolute atomic E-state index is 13.6. The van der Waals surface area contributed by atoms with Gasteiger partial charge < -0.3 is 5.32 Å². The van der Waals surface area contributed by atoms with Gasteiger partial charge in [0.1, 0.15) is 23.1 Å². The van der Waals surface area contributed by atoms with Crippen LogP contribution in [0.1, 0.15) is 9.67 Å². The maximum atomic E-state index is 13.6. The molecule has 0 saturated heterocycles. The van der Waals surface area contributed by atoms with Gasteiger partial charge in [0.05, 0.1) is 4.88 Å². The largest absolute Gasteiger partial charge is 0.316 e. The number of halogens is 3. The van der Waals surface area contributed by atoms with E-state index < -0.39 is 29.0 Å². The number of carbonyl (C=O) groups excluding carboxylic acids is 1. The normalized spacial score (nSPS) is 10.8. The zero-order valence-electron chi connectivity index (χ0n) is 10.5. The van der Waals surface area contributed by atoms with Gasteiger partial charge in [0, 0.05) is 10.1 Å². The molecular weight excluding hydrogens is 299 g/mol. The minimum absolute atomic E-state index is 0.178. The minimum atomic E-state index is -0.865. The van der Waals surface area contributed by atoms with Crippen molar-refractivity contribution >= 4 is 33.0 Å². The maximum Gasteiger partial charge on any atom is 0.265 e. The van der Waals surface area contributed by atoms with E-state index in [0.29, 0.717) is 10.1 Å². The van der Waals surface area contributed by atoms with Crippen molar-refractivity contribution in [2.24, 2.45) is 0 Å². The van der Waals surface area contributed by atoms with Crippen molar-refractivity contribution in [3.05, 3.63) is 64.8 Å². The first kappa shape index (κ1) is 13.6. The van der Waals surface area contributed by atoms with E-state index in [4.69, 9.17) is 0 Å². The van der Waals surface area contributed by atoms with Gasteiger partial charge in [-0.15, -0.1) is 11.3 Å². The molecule has 0 unspecified atom stereocenters. The lowest BCUT2D eigenvalue weighted by atomic mass is 10.2. The summed E-state index contributed by atoms with van der Waals surface area (Å²) in [6.07, 6.45) is 0. The molecule has 1 N–H and O–H groups in total. The van der Waals surface area contributed by atoms with Gasteiger partial charge in [-0.05, 0) is 30.3 Å². The van der Waals surface area contributed by atoms with Gasteiger partial charge in [0.2, 0.25) is 0 Å². The van der Waals surface area contributed by atoms with Crippen molar-refractivity contribution in [2.75, 3.05) is 5.32 Å². The van der Waals surface area contributed by atoms with Crippen molar-refractivity contribution in [3.63, 3.8) is 0 Å². The van der Waals surface area contributed by atoms with E-state index in [1.54, 1.807) is 6.07 Å². The summed E-state index contributed by atoms with van der Waals surface area (Å²) in [4.78, 5) is 12.2. The van der Waals surface area contributed by atoms with Crippen molar-refractivity contribution in [1.82, 2.24) is 0 Å². The lowest BCUT2D eigenvalue weighted by Gasteiger charge is -2.05. The van der Waals surface area contributed by atoms with Crippen LogP contribution < -0.4 is 5.32 Å². The summed E-state index contributed by atoms with van der Waals surface area (Å²) in [5.74, 6) is -2.86. The molecule has 0 bridgehead atoms. The number of anilines is 1. The average Bonchev–Trinajstić information content (AvgIpc) is 2.88. The van der Waals surface area contributed by atoms with E-state index in [9.17, 15) is 18.0 Å². The van der Waals surface area contributed by atoms with Gasteiger partial charge in [0.25, 0.3) is 5.91 Å². The molecule has 1 aromatic heterocycles. The monoisotopic (exact) mass is 307 g/mol. The van der Waals surface area contributed by atoms with Crippen LogP contribution in [0.4, 0.5) is 18.9 Å². The molecule has 0 fully saturated rings. The van der Waals surface area contributed by atoms with Crippen molar-refractivity contribution in [3.8, 4) is 0 Å². The van der Waals surface area contributed by atoms with Crippen LogP contribution in [0.2, 0.25) is 0 Å². The second kappa shape index (κ2) is 5.21. The summed E-state index contributed by atoms with van der Waals surface area (Å²) in [5.41, 5.74) is -0.513. The van der Waals surface area contributed by atoms with E-state index in [2.05, 4.69) is 5.32 Å². The fourth-order valence-electron chi connectivity index (χ4n) is 1.93. The molecular formula is C15H8F3NOS. The molecule has 106 valence electrons. The van der Waals surface area contributed by atoms with Gasteiger partial charge in [-0.25, -0.2) is 13.2 Å². The smallest absolute Gasteiger partial charge is 0.265 e. The van der Waals surface area contributed by atoms with E-state index in [-0.39, 0.29) is 4.88 Å². The third-order valence-corrected chi connectivity index (χ3v) is 4.03. The highest BCUT2D eigenvalue weighted by molar-refractivity contribution is 7.20. The molecule has 0 radical (unpaired) electrons. The molecule has 1 heterocycles. The number of hydrogen-bond acceptors (Lipinski definition) is 2. The molecule has 3 rings (SSSR count). The highest BCUT2D eigenvalue weighted by atomic mass is 32.1. The quantitative estimate of drug-likeness (QED) is 0.738. The summed E-state index contributed by atoms with van der Waals surface area (Å²) < 4.78 is 41.1. The first-order valence-electron chi connectivity index (χ1n) is 5.99. The van der Waals surface area contributed by atoms with E-state index in [0.717, 1.165) is 23.5 Å². The summed E-state index contributed by atoms with van der Waals surface area (Å²) in [7, 11) is 0. The number of rotatable bonds is 2. The first-order valence-corrected chi connectivity index (χ1v) is 6.81. The number of carbonyl (C=O) groups is 1. The SMILES string of the molecule is O=C(Nc1c(F)cccc1F)c1cc2c(F)cccc2s1. The molecule has 0 spiro atoms. The van der Waals surface area contributed by atoms with Crippen LogP contribution in [-0.4, -0.2) is 5.91 Å². The van der Waals surface area contributed by atoms with E-state index in [1.165, 1.54) is 24.3 Å². The summed E-state index contributed by atoms with van der Waals surface area (Å²) in [6, 6.07) is 9.15. The van der Waals surface area contributed by atoms with Crippen LogP contribution in [0, 0.1) is 17.5 Å². The Morgan fingerprint density at radius 1 is 0.952 bits per heavy atom. The number of hydrogen-bond donors (Lipinski definition) is 1. The Morgan fingerprint density at radius 3 is 2.24 bits per heavy atom. The van der Waals surface area contributed by atoms with E-state index >= 15 is 0 Å². The van der Waals surface area contributed by atoms with Gasteiger partial charge in [-0.2, -0.15) is 0 Å². The fourth-order valence-corrected chi connectivity index (χ4v) is 2.90.